The highest BCUT2D eigenvalue weighted by Crippen LogP contribution is 2.25. The van der Waals surface area contributed by atoms with Crippen LogP contribution in [0.2, 0.25) is 0 Å². The molecule has 0 aliphatic heterocycles. The van der Waals surface area contributed by atoms with Crippen LogP contribution < -0.4 is 9.47 Å². The summed E-state index contributed by atoms with van der Waals surface area (Å²) >= 11 is 0. The number of rotatable bonds is 9. The molecule has 0 atom stereocenters. The van der Waals surface area contributed by atoms with E-state index in [2.05, 4.69) is 10.2 Å². The first-order valence-corrected chi connectivity index (χ1v) is 10.7. The normalized spacial score (nSPS) is 11.9. The Balaban J connectivity index is 1.43. The Bertz CT molecular complexity index is 1380. The third kappa shape index (κ3) is 5.75. The summed E-state index contributed by atoms with van der Waals surface area (Å²) < 4.78 is 14.3. The Kier molecular flexibility index (Phi) is 7.22. The standard InChI is InChI=1S/C27H24N4O4/c1-34-26-17-20(7-11-24(26)30-15-3-13-28-30)5-9-22(32)19-23(33)10-6-21-8-12-25(27(18-21)35-2)31-16-4-14-29-31/h3-19,32H,1-2H3/b9-5+,10-6+,22-19?. The lowest BCUT2D eigenvalue weighted by atomic mass is 10.1. The van der Waals surface area contributed by atoms with Crippen LogP contribution in [0.25, 0.3) is 23.5 Å². The Morgan fingerprint density at radius 3 is 1.80 bits per heavy atom. The van der Waals surface area contributed by atoms with E-state index < -0.39 is 0 Å². The number of aliphatic hydroxyl groups excluding tert-OH is 1. The maximum Gasteiger partial charge on any atom is 0.182 e. The van der Waals surface area contributed by atoms with Crippen molar-refractivity contribution in [3.8, 4) is 22.9 Å². The molecule has 0 bridgehead atoms. The zero-order chi connectivity index (χ0) is 24.6. The van der Waals surface area contributed by atoms with Crippen molar-refractivity contribution in [3.05, 3.63) is 108 Å². The highest BCUT2D eigenvalue weighted by Gasteiger charge is 2.07. The SMILES string of the molecule is COc1cc(/C=C/C(=O)C=C(O)/C=C/c2ccc(-n3cccn3)c(OC)c2)ccc1-n1cccn1. The van der Waals surface area contributed by atoms with Crippen LogP contribution in [0.15, 0.2) is 97.3 Å². The van der Waals surface area contributed by atoms with Gasteiger partial charge in [-0.3, -0.25) is 4.79 Å². The maximum absolute atomic E-state index is 12.3. The van der Waals surface area contributed by atoms with Crippen LogP contribution in [0.1, 0.15) is 11.1 Å². The molecule has 2 aromatic heterocycles. The number of aromatic nitrogens is 4. The lowest BCUT2D eigenvalue weighted by Crippen LogP contribution is -1.98. The van der Waals surface area contributed by atoms with Gasteiger partial charge in [-0.05, 0) is 59.7 Å². The van der Waals surface area contributed by atoms with E-state index in [9.17, 15) is 9.90 Å². The fourth-order valence-corrected chi connectivity index (χ4v) is 3.40. The number of hydrogen-bond donors (Lipinski definition) is 1. The van der Waals surface area contributed by atoms with Gasteiger partial charge in [-0.15, -0.1) is 0 Å². The molecule has 176 valence electrons. The zero-order valence-electron chi connectivity index (χ0n) is 19.3. The van der Waals surface area contributed by atoms with Gasteiger partial charge in [0.15, 0.2) is 5.78 Å². The Morgan fingerprint density at radius 1 is 0.829 bits per heavy atom. The van der Waals surface area contributed by atoms with E-state index in [1.165, 1.54) is 12.2 Å². The molecule has 2 aromatic carbocycles. The van der Waals surface area contributed by atoms with Gasteiger partial charge in [-0.1, -0.05) is 24.3 Å². The minimum Gasteiger partial charge on any atom is -0.508 e. The van der Waals surface area contributed by atoms with Crippen molar-refractivity contribution in [2.45, 2.75) is 0 Å². The molecule has 8 heteroatoms. The molecule has 0 fully saturated rings. The molecule has 0 spiro atoms. The Morgan fingerprint density at radius 2 is 1.34 bits per heavy atom. The number of nitrogens with zero attached hydrogens (tertiary/aromatic N) is 4. The average Bonchev–Trinajstić information content (AvgIpc) is 3.61. The molecule has 0 saturated heterocycles. The first-order chi connectivity index (χ1) is 17.1. The lowest BCUT2D eigenvalue weighted by molar-refractivity contribution is -0.110. The molecular weight excluding hydrogens is 444 g/mol. The molecule has 0 aliphatic carbocycles. The predicted octanol–water partition coefficient (Wildman–Crippen LogP) is 4.81. The van der Waals surface area contributed by atoms with Gasteiger partial charge in [0, 0.05) is 30.9 Å². The second kappa shape index (κ2) is 10.8. The minimum atomic E-state index is -0.353. The number of hydrogen-bond acceptors (Lipinski definition) is 6. The van der Waals surface area contributed by atoms with Crippen LogP contribution in [-0.2, 0) is 4.79 Å². The lowest BCUT2D eigenvalue weighted by Gasteiger charge is -2.09. The number of carbonyl (C=O) groups excluding carboxylic acids is 1. The topological polar surface area (TPSA) is 91.4 Å². The second-order valence-corrected chi connectivity index (χ2v) is 7.40. The molecule has 2 heterocycles. The quantitative estimate of drug-likeness (QED) is 0.215. The summed E-state index contributed by atoms with van der Waals surface area (Å²) in [6.45, 7) is 0. The van der Waals surface area contributed by atoms with Gasteiger partial charge in [0.25, 0.3) is 0 Å². The van der Waals surface area contributed by atoms with Gasteiger partial charge in [0.2, 0.25) is 0 Å². The summed E-state index contributed by atoms with van der Waals surface area (Å²) in [5.74, 6) is 0.737. The van der Waals surface area contributed by atoms with E-state index in [0.29, 0.717) is 11.5 Å². The van der Waals surface area contributed by atoms with Crippen molar-refractivity contribution >= 4 is 17.9 Å². The second-order valence-electron chi connectivity index (χ2n) is 7.40. The predicted molar refractivity (Wildman–Crippen MR) is 134 cm³/mol. The van der Waals surface area contributed by atoms with Crippen LogP contribution in [0, 0.1) is 0 Å². The van der Waals surface area contributed by atoms with Gasteiger partial charge in [-0.2, -0.15) is 10.2 Å². The van der Waals surface area contributed by atoms with E-state index in [1.807, 2.05) is 60.9 Å². The van der Waals surface area contributed by atoms with E-state index in [-0.39, 0.29) is 11.5 Å². The minimum absolute atomic E-state index is 0.165. The molecule has 8 nitrogen and oxygen atoms in total. The van der Waals surface area contributed by atoms with Crippen molar-refractivity contribution in [1.29, 1.82) is 0 Å². The van der Waals surface area contributed by atoms with Crippen LogP contribution in [0.4, 0.5) is 0 Å². The Hall–Kier alpha value is -4.85. The van der Waals surface area contributed by atoms with Crippen LogP contribution in [-0.4, -0.2) is 44.7 Å². The summed E-state index contributed by atoms with van der Waals surface area (Å²) in [7, 11) is 3.16. The van der Waals surface area contributed by atoms with Crippen molar-refractivity contribution in [1.82, 2.24) is 19.6 Å². The first-order valence-electron chi connectivity index (χ1n) is 10.7. The molecule has 4 aromatic rings. The highest BCUT2D eigenvalue weighted by atomic mass is 16.5. The molecule has 35 heavy (non-hydrogen) atoms. The van der Waals surface area contributed by atoms with Crippen LogP contribution >= 0.6 is 0 Å². The van der Waals surface area contributed by atoms with E-state index in [4.69, 9.17) is 9.47 Å². The molecule has 0 aliphatic rings. The molecule has 0 unspecified atom stereocenters. The van der Waals surface area contributed by atoms with Crippen LogP contribution in [0.3, 0.4) is 0 Å². The zero-order valence-corrected chi connectivity index (χ0v) is 19.3. The van der Waals surface area contributed by atoms with E-state index in [0.717, 1.165) is 28.6 Å². The monoisotopic (exact) mass is 468 g/mol. The average molecular weight is 469 g/mol. The smallest absolute Gasteiger partial charge is 0.182 e. The summed E-state index contributed by atoms with van der Waals surface area (Å²) in [5.41, 5.74) is 3.16. The Labute approximate surface area is 202 Å². The summed E-state index contributed by atoms with van der Waals surface area (Å²) in [5, 5.41) is 18.6. The summed E-state index contributed by atoms with van der Waals surface area (Å²) in [6, 6.07) is 14.7. The van der Waals surface area contributed by atoms with Crippen molar-refractivity contribution in [2.24, 2.45) is 0 Å². The number of allylic oxidation sites excluding steroid dienone is 3. The number of ether oxygens (including phenoxy) is 2. The van der Waals surface area contributed by atoms with Gasteiger partial charge in [0.05, 0.1) is 14.2 Å². The maximum atomic E-state index is 12.3. The first kappa shape index (κ1) is 23.3. The molecule has 1 N–H and O–H groups in total. The van der Waals surface area contributed by atoms with E-state index >= 15 is 0 Å². The van der Waals surface area contributed by atoms with Crippen LogP contribution in [0.5, 0.6) is 11.5 Å². The van der Waals surface area contributed by atoms with Crippen molar-refractivity contribution < 1.29 is 19.4 Å². The number of carbonyl (C=O) groups is 1. The molecule has 0 radical (unpaired) electrons. The summed E-state index contributed by atoms with van der Waals surface area (Å²) in [4.78, 5) is 12.3. The fraction of sp³-hybridized carbons (Fsp3) is 0.0741. The number of aliphatic hydroxyl groups is 1. The van der Waals surface area contributed by atoms with Gasteiger partial charge in [0.1, 0.15) is 28.6 Å². The van der Waals surface area contributed by atoms with Gasteiger partial charge < -0.3 is 14.6 Å². The third-order valence-corrected chi connectivity index (χ3v) is 5.09. The molecule has 4 rings (SSSR count). The number of methoxy groups -OCH3 is 2. The molecule has 0 amide bonds. The van der Waals surface area contributed by atoms with Crippen molar-refractivity contribution in [2.75, 3.05) is 14.2 Å². The van der Waals surface area contributed by atoms with E-state index in [1.54, 1.807) is 48.1 Å². The largest absolute Gasteiger partial charge is 0.508 e. The van der Waals surface area contributed by atoms with Crippen molar-refractivity contribution in [3.63, 3.8) is 0 Å². The van der Waals surface area contributed by atoms with Gasteiger partial charge >= 0.3 is 0 Å². The number of ketones is 1. The third-order valence-electron chi connectivity index (χ3n) is 5.09. The van der Waals surface area contributed by atoms with Gasteiger partial charge in [-0.25, -0.2) is 9.36 Å². The number of benzene rings is 2. The molecule has 0 saturated carbocycles. The molecular formula is C27H24N4O4. The highest BCUT2D eigenvalue weighted by molar-refractivity contribution is 6.02. The summed E-state index contributed by atoms with van der Waals surface area (Å²) in [6.07, 6.45) is 14.4. The fourth-order valence-electron chi connectivity index (χ4n) is 3.40.